The predicted octanol–water partition coefficient (Wildman–Crippen LogP) is 1.59. The van der Waals surface area contributed by atoms with E-state index in [0.717, 1.165) is 24.2 Å². The van der Waals surface area contributed by atoms with Crippen LogP contribution in [0.2, 0.25) is 0 Å². The first-order valence-corrected chi connectivity index (χ1v) is 6.38. The van der Waals surface area contributed by atoms with Gasteiger partial charge >= 0.3 is 5.97 Å². The van der Waals surface area contributed by atoms with E-state index >= 15 is 0 Å². The third-order valence-electron chi connectivity index (χ3n) is 3.25. The molecule has 0 bridgehead atoms. The van der Waals surface area contributed by atoms with Gasteiger partial charge in [0.05, 0.1) is 0 Å². The molecule has 1 aromatic rings. The first-order chi connectivity index (χ1) is 8.99. The molecule has 1 aromatic carbocycles. The second kappa shape index (κ2) is 5.30. The highest BCUT2D eigenvalue weighted by Gasteiger charge is 2.22. The molecule has 1 aliphatic rings. The summed E-state index contributed by atoms with van der Waals surface area (Å²) in [7, 11) is 0. The van der Waals surface area contributed by atoms with E-state index in [1.54, 1.807) is 6.07 Å². The van der Waals surface area contributed by atoms with Crippen molar-refractivity contribution >= 4 is 17.6 Å². The summed E-state index contributed by atoms with van der Waals surface area (Å²) < 4.78 is 0. The minimum atomic E-state index is -0.995. The molecule has 1 heterocycles. The van der Waals surface area contributed by atoms with E-state index in [-0.39, 0.29) is 18.5 Å². The summed E-state index contributed by atoms with van der Waals surface area (Å²) in [6.45, 7) is 4.24. The number of rotatable bonds is 4. The minimum absolute atomic E-state index is 0.144. The summed E-state index contributed by atoms with van der Waals surface area (Å²) in [4.78, 5) is 24.6. The number of carboxylic acid groups (broad SMARTS) is 1. The van der Waals surface area contributed by atoms with Crippen molar-refractivity contribution in [2.45, 2.75) is 26.3 Å². The molecule has 2 N–H and O–H groups in total. The molecule has 0 unspecified atom stereocenters. The van der Waals surface area contributed by atoms with Gasteiger partial charge in [0.1, 0.15) is 6.54 Å². The lowest BCUT2D eigenvalue weighted by Gasteiger charge is -2.25. The highest BCUT2D eigenvalue weighted by atomic mass is 16.4. The van der Waals surface area contributed by atoms with Crippen LogP contribution in [0.1, 0.15) is 29.8 Å². The molecule has 0 aliphatic carbocycles. The molecule has 0 radical (unpaired) electrons. The first-order valence-electron chi connectivity index (χ1n) is 6.38. The van der Waals surface area contributed by atoms with Crippen LogP contribution < -0.4 is 5.32 Å². The molecule has 5 heteroatoms. The quantitative estimate of drug-likeness (QED) is 0.864. The number of carbonyl (C=O) groups is 2. The summed E-state index contributed by atoms with van der Waals surface area (Å²) in [5.41, 5.74) is 2.73. The smallest absolute Gasteiger partial charge is 0.323 e. The number of hydrogen-bond acceptors (Lipinski definition) is 3. The normalized spacial score (nSPS) is 13.0. The van der Waals surface area contributed by atoms with Crippen molar-refractivity contribution < 1.29 is 14.7 Å². The van der Waals surface area contributed by atoms with Gasteiger partial charge in [-0.25, -0.2) is 0 Å². The lowest BCUT2D eigenvalue weighted by Crippen LogP contribution is -2.40. The van der Waals surface area contributed by atoms with Crippen LogP contribution >= 0.6 is 0 Å². The average molecular weight is 262 g/mol. The Balaban J connectivity index is 2.24. The van der Waals surface area contributed by atoms with Gasteiger partial charge in [-0.3, -0.25) is 9.59 Å². The molecule has 1 aliphatic heterocycles. The summed E-state index contributed by atoms with van der Waals surface area (Å²) in [5.74, 6) is -1.23. The molecule has 0 atom stereocenters. The molecular formula is C14H18N2O3. The number of benzene rings is 1. The van der Waals surface area contributed by atoms with E-state index in [4.69, 9.17) is 5.11 Å². The highest BCUT2D eigenvalue weighted by molar-refractivity contribution is 5.96. The lowest BCUT2D eigenvalue weighted by atomic mass is 10.1. The van der Waals surface area contributed by atoms with Crippen molar-refractivity contribution in [1.29, 1.82) is 0 Å². The first kappa shape index (κ1) is 13.4. The number of carboxylic acids is 1. The Morgan fingerprint density at radius 3 is 2.79 bits per heavy atom. The number of fused-ring (bicyclic) bond motifs is 1. The third-order valence-corrected chi connectivity index (χ3v) is 3.25. The maximum Gasteiger partial charge on any atom is 0.323 e. The van der Waals surface area contributed by atoms with Gasteiger partial charge in [0, 0.05) is 23.8 Å². The van der Waals surface area contributed by atoms with Gasteiger partial charge in [-0.2, -0.15) is 0 Å². The van der Waals surface area contributed by atoms with Crippen LogP contribution in [-0.4, -0.2) is 41.0 Å². The Kier molecular flexibility index (Phi) is 3.74. The average Bonchev–Trinajstić information content (AvgIpc) is 2.81. The van der Waals surface area contributed by atoms with Crippen LogP contribution in [0, 0.1) is 0 Å². The largest absolute Gasteiger partial charge is 0.480 e. The fourth-order valence-electron chi connectivity index (χ4n) is 2.24. The maximum absolute atomic E-state index is 12.4. The predicted molar refractivity (Wildman–Crippen MR) is 72.4 cm³/mol. The molecule has 0 spiro atoms. The Labute approximate surface area is 112 Å². The molecular weight excluding hydrogens is 244 g/mol. The van der Waals surface area contributed by atoms with Crippen molar-refractivity contribution in [3.05, 3.63) is 29.3 Å². The van der Waals surface area contributed by atoms with Crippen molar-refractivity contribution in [2.24, 2.45) is 0 Å². The number of amides is 1. The van der Waals surface area contributed by atoms with Gasteiger partial charge < -0.3 is 15.3 Å². The number of anilines is 1. The van der Waals surface area contributed by atoms with Gasteiger partial charge in [0.15, 0.2) is 0 Å². The van der Waals surface area contributed by atoms with E-state index in [0.29, 0.717) is 5.56 Å². The molecule has 19 heavy (non-hydrogen) atoms. The fraction of sp³-hybridized carbons (Fsp3) is 0.429. The van der Waals surface area contributed by atoms with Crippen molar-refractivity contribution in [1.82, 2.24) is 4.90 Å². The second-order valence-electron chi connectivity index (χ2n) is 4.97. The number of hydrogen-bond donors (Lipinski definition) is 2. The fourth-order valence-corrected chi connectivity index (χ4v) is 2.24. The van der Waals surface area contributed by atoms with Gasteiger partial charge in [0.2, 0.25) is 0 Å². The molecule has 0 aromatic heterocycles. The molecule has 5 nitrogen and oxygen atoms in total. The maximum atomic E-state index is 12.4. The number of nitrogens with zero attached hydrogens (tertiary/aromatic N) is 1. The van der Waals surface area contributed by atoms with Crippen LogP contribution in [0.25, 0.3) is 0 Å². The minimum Gasteiger partial charge on any atom is -0.480 e. The van der Waals surface area contributed by atoms with Gasteiger partial charge in [-0.05, 0) is 44.0 Å². The van der Waals surface area contributed by atoms with E-state index in [9.17, 15) is 9.59 Å². The van der Waals surface area contributed by atoms with Gasteiger partial charge in [0.25, 0.3) is 5.91 Å². The highest BCUT2D eigenvalue weighted by Crippen LogP contribution is 2.23. The van der Waals surface area contributed by atoms with Crippen molar-refractivity contribution in [2.75, 3.05) is 18.4 Å². The standard InChI is InChI=1S/C14H18N2O3/c1-9(2)16(8-13(17)18)14(19)11-3-4-12-10(7-11)5-6-15-12/h3-4,7,9,15H,5-6,8H2,1-2H3,(H,17,18). The molecule has 102 valence electrons. The Hall–Kier alpha value is -2.04. The number of aliphatic carboxylic acids is 1. The van der Waals surface area contributed by atoms with E-state index in [2.05, 4.69) is 5.32 Å². The number of carbonyl (C=O) groups excluding carboxylic acids is 1. The zero-order valence-electron chi connectivity index (χ0n) is 11.1. The van der Waals surface area contributed by atoms with Crippen LogP contribution in [-0.2, 0) is 11.2 Å². The van der Waals surface area contributed by atoms with Crippen LogP contribution in [0.4, 0.5) is 5.69 Å². The zero-order chi connectivity index (χ0) is 14.0. The monoisotopic (exact) mass is 262 g/mol. The van der Waals surface area contributed by atoms with Crippen molar-refractivity contribution in [3.8, 4) is 0 Å². The summed E-state index contributed by atoms with van der Waals surface area (Å²) >= 11 is 0. The zero-order valence-corrected chi connectivity index (χ0v) is 11.1. The SMILES string of the molecule is CC(C)N(CC(=O)O)C(=O)c1ccc2c(c1)CCN2. The topological polar surface area (TPSA) is 69.6 Å². The molecule has 0 saturated heterocycles. The second-order valence-corrected chi connectivity index (χ2v) is 4.97. The Morgan fingerprint density at radius 2 is 2.16 bits per heavy atom. The summed E-state index contributed by atoms with van der Waals surface area (Å²) in [6, 6.07) is 5.34. The Morgan fingerprint density at radius 1 is 1.42 bits per heavy atom. The van der Waals surface area contributed by atoms with E-state index in [1.807, 2.05) is 26.0 Å². The lowest BCUT2D eigenvalue weighted by molar-refractivity contribution is -0.138. The Bertz CT molecular complexity index is 511. The van der Waals surface area contributed by atoms with Crippen LogP contribution in [0.5, 0.6) is 0 Å². The molecule has 2 rings (SSSR count). The molecule has 0 saturated carbocycles. The van der Waals surface area contributed by atoms with Crippen LogP contribution in [0.15, 0.2) is 18.2 Å². The third kappa shape index (κ3) is 2.86. The summed E-state index contributed by atoms with van der Waals surface area (Å²) in [5, 5.41) is 12.1. The molecule has 1 amide bonds. The number of nitrogens with one attached hydrogen (secondary N) is 1. The van der Waals surface area contributed by atoms with Crippen molar-refractivity contribution in [3.63, 3.8) is 0 Å². The van der Waals surface area contributed by atoms with Crippen LogP contribution in [0.3, 0.4) is 0 Å². The van der Waals surface area contributed by atoms with Gasteiger partial charge in [-0.1, -0.05) is 0 Å². The molecule has 0 fully saturated rings. The van der Waals surface area contributed by atoms with E-state index in [1.165, 1.54) is 4.90 Å². The van der Waals surface area contributed by atoms with E-state index < -0.39 is 5.97 Å². The summed E-state index contributed by atoms with van der Waals surface area (Å²) in [6.07, 6.45) is 0.900. The van der Waals surface area contributed by atoms with Gasteiger partial charge in [-0.15, -0.1) is 0 Å².